The van der Waals surface area contributed by atoms with Gasteiger partial charge in [0, 0.05) is 49.8 Å². The minimum Gasteiger partial charge on any atom is -0.399 e. The Labute approximate surface area is 140 Å². The van der Waals surface area contributed by atoms with E-state index in [9.17, 15) is 4.79 Å². The molecule has 7 heteroatoms. The van der Waals surface area contributed by atoms with E-state index >= 15 is 0 Å². The molecule has 122 valence electrons. The lowest BCUT2D eigenvalue weighted by atomic mass is 10.1. The minimum absolute atomic E-state index is 0.196. The number of benzene rings is 1. The molecule has 6 nitrogen and oxygen atoms in total. The first-order chi connectivity index (χ1) is 11.1. The summed E-state index contributed by atoms with van der Waals surface area (Å²) in [5, 5.41) is 0.951. The fraction of sp³-hybridized carbons (Fsp3) is 0.438. The molecular weight excluding hydrogens is 310 g/mol. The Morgan fingerprint density at radius 1 is 1.26 bits per heavy atom. The van der Waals surface area contributed by atoms with E-state index in [1.165, 1.54) is 11.5 Å². The van der Waals surface area contributed by atoms with Crippen LogP contribution in [0.2, 0.25) is 0 Å². The van der Waals surface area contributed by atoms with Crippen molar-refractivity contribution in [2.75, 3.05) is 36.8 Å². The fourth-order valence-corrected chi connectivity index (χ4v) is 3.45. The summed E-state index contributed by atoms with van der Waals surface area (Å²) in [5.41, 5.74) is 7.73. The molecule has 3 rings (SSSR count). The smallest absolute Gasteiger partial charge is 0.223 e. The van der Waals surface area contributed by atoms with Crippen molar-refractivity contribution in [1.82, 2.24) is 14.3 Å². The average molecular weight is 331 g/mol. The number of hydrogen-bond donors (Lipinski definition) is 1. The molecule has 0 unspecified atom stereocenters. The van der Waals surface area contributed by atoms with Crippen LogP contribution in [0.25, 0.3) is 0 Å². The lowest BCUT2D eigenvalue weighted by Crippen LogP contribution is -2.48. The van der Waals surface area contributed by atoms with Gasteiger partial charge in [0.2, 0.25) is 11.0 Å². The predicted octanol–water partition coefficient (Wildman–Crippen LogP) is 1.71. The van der Waals surface area contributed by atoms with E-state index in [1.807, 2.05) is 36.1 Å². The summed E-state index contributed by atoms with van der Waals surface area (Å²) in [6, 6.07) is 7.73. The first-order valence-electron chi connectivity index (χ1n) is 7.80. The Hall–Kier alpha value is -2.15. The van der Waals surface area contributed by atoms with Crippen molar-refractivity contribution in [2.24, 2.45) is 0 Å². The van der Waals surface area contributed by atoms with E-state index in [2.05, 4.69) is 14.3 Å². The number of piperazine rings is 1. The van der Waals surface area contributed by atoms with Gasteiger partial charge in [-0.25, -0.2) is 4.98 Å². The van der Waals surface area contributed by atoms with Gasteiger partial charge in [-0.05, 0) is 25.0 Å². The Kier molecular flexibility index (Phi) is 4.76. The van der Waals surface area contributed by atoms with Crippen LogP contribution in [-0.2, 0) is 11.2 Å². The lowest BCUT2D eigenvalue weighted by Gasteiger charge is -2.34. The van der Waals surface area contributed by atoms with Crippen molar-refractivity contribution in [3.8, 4) is 0 Å². The molecule has 2 aromatic rings. The number of aryl methyl sites for hydroxylation is 2. The number of nitrogen functional groups attached to an aromatic ring is 1. The van der Waals surface area contributed by atoms with Crippen LogP contribution in [0.15, 0.2) is 24.3 Å². The first-order valence-corrected chi connectivity index (χ1v) is 8.57. The van der Waals surface area contributed by atoms with E-state index in [1.54, 1.807) is 0 Å². The molecule has 0 bridgehead atoms. The molecule has 1 aliphatic rings. The van der Waals surface area contributed by atoms with Crippen molar-refractivity contribution >= 4 is 28.3 Å². The maximum absolute atomic E-state index is 12.4. The highest BCUT2D eigenvalue weighted by Gasteiger charge is 2.22. The van der Waals surface area contributed by atoms with Crippen LogP contribution in [-0.4, -0.2) is 46.3 Å². The number of nitrogens with zero attached hydrogens (tertiary/aromatic N) is 4. The second kappa shape index (κ2) is 6.95. The van der Waals surface area contributed by atoms with Crippen molar-refractivity contribution < 1.29 is 4.79 Å². The zero-order valence-corrected chi connectivity index (χ0v) is 14.1. The third-order valence-electron chi connectivity index (χ3n) is 4.08. The number of amides is 1. The molecular formula is C16H21N5OS. The van der Waals surface area contributed by atoms with E-state index in [0.717, 1.165) is 48.4 Å². The molecule has 1 aliphatic heterocycles. The second-order valence-electron chi connectivity index (χ2n) is 5.69. The molecule has 1 amide bonds. The van der Waals surface area contributed by atoms with Gasteiger partial charge in [-0.1, -0.05) is 18.2 Å². The molecule has 23 heavy (non-hydrogen) atoms. The standard InChI is InChI=1S/C16H21N5OS/c1-12-18-16(23-19-12)21-10-8-20(9-11-21)15(22)7-6-13-4-2-3-5-14(13)17/h2-5H,6-11,17H2,1H3. The van der Waals surface area contributed by atoms with E-state index in [4.69, 9.17) is 5.73 Å². The topological polar surface area (TPSA) is 75.4 Å². The highest BCUT2D eigenvalue weighted by atomic mass is 32.1. The summed E-state index contributed by atoms with van der Waals surface area (Å²) in [5.74, 6) is 1.00. The number of carbonyl (C=O) groups excluding carboxylic acids is 1. The zero-order valence-electron chi connectivity index (χ0n) is 13.2. The quantitative estimate of drug-likeness (QED) is 0.863. The molecule has 0 aliphatic carbocycles. The third kappa shape index (κ3) is 3.79. The van der Waals surface area contributed by atoms with Crippen LogP contribution >= 0.6 is 11.5 Å². The Bertz CT molecular complexity index is 679. The first kappa shape index (κ1) is 15.7. The second-order valence-corrected chi connectivity index (χ2v) is 6.42. The summed E-state index contributed by atoms with van der Waals surface area (Å²) in [4.78, 5) is 20.9. The monoisotopic (exact) mass is 331 g/mol. The Balaban J connectivity index is 1.49. The summed E-state index contributed by atoms with van der Waals surface area (Å²) < 4.78 is 4.21. The molecule has 0 radical (unpaired) electrons. The zero-order chi connectivity index (χ0) is 16.2. The molecule has 2 N–H and O–H groups in total. The van der Waals surface area contributed by atoms with Gasteiger partial charge in [0.1, 0.15) is 5.82 Å². The normalized spacial score (nSPS) is 15.0. The van der Waals surface area contributed by atoms with Crippen LogP contribution in [0.3, 0.4) is 0 Å². The van der Waals surface area contributed by atoms with E-state index < -0.39 is 0 Å². The summed E-state index contributed by atoms with van der Waals surface area (Å²) in [6.07, 6.45) is 1.20. The Morgan fingerprint density at radius 2 is 2.00 bits per heavy atom. The number of para-hydroxylation sites is 1. The number of carbonyl (C=O) groups is 1. The molecule has 2 heterocycles. The summed E-state index contributed by atoms with van der Waals surface area (Å²) >= 11 is 1.42. The van der Waals surface area contributed by atoms with Crippen molar-refractivity contribution in [3.05, 3.63) is 35.7 Å². The average Bonchev–Trinajstić information content (AvgIpc) is 3.00. The van der Waals surface area contributed by atoms with Gasteiger partial charge in [0.25, 0.3) is 0 Å². The SMILES string of the molecule is Cc1nsc(N2CCN(C(=O)CCc3ccccc3N)CC2)n1. The largest absolute Gasteiger partial charge is 0.399 e. The van der Waals surface area contributed by atoms with Gasteiger partial charge in [0.05, 0.1) is 0 Å². The molecule has 0 saturated carbocycles. The van der Waals surface area contributed by atoms with Gasteiger partial charge < -0.3 is 15.5 Å². The van der Waals surface area contributed by atoms with Gasteiger partial charge >= 0.3 is 0 Å². The van der Waals surface area contributed by atoms with Crippen LogP contribution in [0.1, 0.15) is 17.8 Å². The minimum atomic E-state index is 0.196. The highest BCUT2D eigenvalue weighted by Crippen LogP contribution is 2.19. The number of hydrogen-bond acceptors (Lipinski definition) is 6. The van der Waals surface area contributed by atoms with E-state index in [-0.39, 0.29) is 5.91 Å². The molecule has 1 aromatic heterocycles. The molecule has 1 fully saturated rings. The molecule has 1 aromatic carbocycles. The van der Waals surface area contributed by atoms with Crippen LogP contribution < -0.4 is 10.6 Å². The highest BCUT2D eigenvalue weighted by molar-refractivity contribution is 7.09. The molecule has 0 atom stereocenters. The van der Waals surface area contributed by atoms with Crippen molar-refractivity contribution in [2.45, 2.75) is 19.8 Å². The van der Waals surface area contributed by atoms with Crippen LogP contribution in [0.4, 0.5) is 10.8 Å². The fourth-order valence-electron chi connectivity index (χ4n) is 2.72. The van der Waals surface area contributed by atoms with Gasteiger partial charge in [-0.2, -0.15) is 4.37 Å². The summed E-state index contributed by atoms with van der Waals surface area (Å²) in [6.45, 7) is 5.00. The molecule has 0 spiro atoms. The lowest BCUT2D eigenvalue weighted by molar-refractivity contribution is -0.131. The predicted molar refractivity (Wildman–Crippen MR) is 92.6 cm³/mol. The van der Waals surface area contributed by atoms with Crippen molar-refractivity contribution in [1.29, 1.82) is 0 Å². The summed E-state index contributed by atoms with van der Waals surface area (Å²) in [7, 11) is 0. The van der Waals surface area contributed by atoms with Crippen LogP contribution in [0.5, 0.6) is 0 Å². The number of anilines is 2. The number of rotatable bonds is 4. The maximum Gasteiger partial charge on any atom is 0.223 e. The van der Waals surface area contributed by atoms with Gasteiger partial charge in [0.15, 0.2) is 0 Å². The Morgan fingerprint density at radius 3 is 2.65 bits per heavy atom. The van der Waals surface area contributed by atoms with Gasteiger partial charge in [-0.3, -0.25) is 4.79 Å². The van der Waals surface area contributed by atoms with E-state index in [0.29, 0.717) is 12.8 Å². The van der Waals surface area contributed by atoms with Crippen molar-refractivity contribution in [3.63, 3.8) is 0 Å². The third-order valence-corrected chi connectivity index (χ3v) is 4.95. The maximum atomic E-state index is 12.4. The van der Waals surface area contributed by atoms with Gasteiger partial charge in [-0.15, -0.1) is 0 Å². The van der Waals surface area contributed by atoms with Crippen LogP contribution in [0, 0.1) is 6.92 Å². The molecule has 1 saturated heterocycles. The number of aromatic nitrogens is 2. The number of nitrogens with two attached hydrogens (primary N) is 1.